The van der Waals surface area contributed by atoms with Crippen molar-refractivity contribution in [3.05, 3.63) is 59.7 Å². The molecule has 2 aromatic carbocycles. The van der Waals surface area contributed by atoms with E-state index in [1.807, 2.05) is 0 Å². The van der Waals surface area contributed by atoms with Crippen LogP contribution in [0.4, 0.5) is 10.5 Å². The van der Waals surface area contributed by atoms with Gasteiger partial charge in [0.15, 0.2) is 0 Å². The van der Waals surface area contributed by atoms with Gasteiger partial charge in [-0.15, -0.1) is 0 Å². The molecule has 0 radical (unpaired) electrons. The van der Waals surface area contributed by atoms with Gasteiger partial charge in [0, 0.05) is 23.9 Å². The van der Waals surface area contributed by atoms with Crippen LogP contribution < -0.4 is 16.0 Å². The number of piperidine rings is 1. The molecule has 2 saturated carbocycles. The van der Waals surface area contributed by atoms with Crippen LogP contribution in [0.2, 0.25) is 0 Å². The van der Waals surface area contributed by atoms with Gasteiger partial charge < -0.3 is 30.3 Å². The first-order chi connectivity index (χ1) is 20.2. The molecule has 1 aliphatic heterocycles. The van der Waals surface area contributed by atoms with Crippen molar-refractivity contribution in [3.8, 4) is 5.75 Å². The Bertz CT molecular complexity index is 1220. The smallest absolute Gasteiger partial charge is 0.338 e. The van der Waals surface area contributed by atoms with Crippen molar-refractivity contribution >= 4 is 23.6 Å². The fourth-order valence-electron chi connectivity index (χ4n) is 6.22. The van der Waals surface area contributed by atoms with Gasteiger partial charge in [0.05, 0.1) is 43.9 Å². The van der Waals surface area contributed by atoms with E-state index in [0.717, 1.165) is 41.3 Å². The number of hydrogen-bond donors (Lipinski definition) is 4. The standard InChI is InChI=1S/C33H44N4O5/c1-22(2)42-32(40)26-11-13-27(14-12-26)35-33(41)36-30(18-23-9-15-29(38)16-10-23)31(39)34-28-4-3-17-37(21-28,19-24-5-6-24)20-25-7-8-25/h9-16,22,24-25,28,30H,3-8,17-21H2,1-2H3,(H3-,34,35,36,38,39,40,41)/p+1/t28-,30-/m0/s1. The summed E-state index contributed by atoms with van der Waals surface area (Å²) in [6.07, 6.45) is 7.45. The van der Waals surface area contributed by atoms with Crippen molar-refractivity contribution in [1.82, 2.24) is 10.6 Å². The van der Waals surface area contributed by atoms with E-state index >= 15 is 0 Å². The van der Waals surface area contributed by atoms with Gasteiger partial charge >= 0.3 is 12.0 Å². The Morgan fingerprint density at radius 3 is 2.17 bits per heavy atom. The molecule has 226 valence electrons. The van der Waals surface area contributed by atoms with Crippen molar-refractivity contribution in [2.45, 2.75) is 77.0 Å². The number of hydrogen-bond acceptors (Lipinski definition) is 5. The quantitative estimate of drug-likeness (QED) is 0.217. The fourth-order valence-corrected chi connectivity index (χ4v) is 6.22. The van der Waals surface area contributed by atoms with Crippen LogP contribution in [0, 0.1) is 11.8 Å². The maximum absolute atomic E-state index is 13.7. The Morgan fingerprint density at radius 1 is 0.929 bits per heavy atom. The van der Waals surface area contributed by atoms with E-state index < -0.39 is 18.0 Å². The Labute approximate surface area is 248 Å². The van der Waals surface area contributed by atoms with Gasteiger partial charge in [-0.05, 0) is 94.3 Å². The normalized spacial score (nSPS) is 20.4. The van der Waals surface area contributed by atoms with E-state index in [-0.39, 0.29) is 30.2 Å². The van der Waals surface area contributed by atoms with E-state index in [1.54, 1.807) is 62.4 Å². The third-order valence-corrected chi connectivity index (χ3v) is 8.54. The number of likely N-dealkylation sites (tertiary alicyclic amines) is 1. The van der Waals surface area contributed by atoms with Crippen LogP contribution in [0.25, 0.3) is 0 Å². The summed E-state index contributed by atoms with van der Waals surface area (Å²) < 4.78 is 6.34. The molecular weight excluding hydrogens is 532 g/mol. The second-order valence-corrected chi connectivity index (χ2v) is 12.9. The van der Waals surface area contributed by atoms with Gasteiger partial charge in [-0.1, -0.05) is 12.1 Å². The number of ether oxygens (including phenoxy) is 1. The van der Waals surface area contributed by atoms with E-state index in [2.05, 4.69) is 16.0 Å². The number of urea groups is 1. The molecule has 9 heteroatoms. The Morgan fingerprint density at radius 2 is 1.57 bits per heavy atom. The molecule has 1 heterocycles. The third kappa shape index (κ3) is 8.71. The number of quaternary nitrogens is 1. The number of carbonyl (C=O) groups is 3. The summed E-state index contributed by atoms with van der Waals surface area (Å²) in [6.45, 7) is 8.19. The molecule has 4 N–H and O–H groups in total. The maximum Gasteiger partial charge on any atom is 0.338 e. The molecule has 3 fully saturated rings. The average molecular weight is 578 g/mol. The number of phenols is 1. The predicted molar refractivity (Wildman–Crippen MR) is 161 cm³/mol. The van der Waals surface area contributed by atoms with Crippen LogP contribution in [-0.4, -0.2) is 71.9 Å². The fraction of sp³-hybridized carbons (Fsp3) is 0.545. The lowest BCUT2D eigenvalue weighted by Gasteiger charge is -2.45. The summed E-state index contributed by atoms with van der Waals surface area (Å²) >= 11 is 0. The number of benzene rings is 2. The summed E-state index contributed by atoms with van der Waals surface area (Å²) in [7, 11) is 0. The summed E-state index contributed by atoms with van der Waals surface area (Å²) in [5.74, 6) is 1.19. The highest BCUT2D eigenvalue weighted by Gasteiger charge is 2.44. The van der Waals surface area contributed by atoms with Crippen LogP contribution in [0.3, 0.4) is 0 Å². The van der Waals surface area contributed by atoms with Gasteiger partial charge in [0.25, 0.3) is 0 Å². The van der Waals surface area contributed by atoms with Gasteiger partial charge in [0.1, 0.15) is 11.8 Å². The molecule has 2 aromatic rings. The summed E-state index contributed by atoms with van der Waals surface area (Å²) in [5, 5.41) is 18.7. The van der Waals surface area contributed by atoms with Crippen molar-refractivity contribution in [3.63, 3.8) is 0 Å². The predicted octanol–water partition coefficient (Wildman–Crippen LogP) is 4.61. The highest BCUT2D eigenvalue weighted by atomic mass is 16.5. The van der Waals surface area contributed by atoms with Gasteiger partial charge in [-0.2, -0.15) is 0 Å². The Balaban J connectivity index is 1.23. The van der Waals surface area contributed by atoms with Crippen molar-refractivity contribution in [2.75, 3.05) is 31.5 Å². The molecule has 5 rings (SSSR count). The molecule has 3 amide bonds. The van der Waals surface area contributed by atoms with Gasteiger partial charge in [0.2, 0.25) is 5.91 Å². The number of rotatable bonds is 12. The zero-order valence-electron chi connectivity index (χ0n) is 24.8. The van der Waals surface area contributed by atoms with Crippen LogP contribution in [0.5, 0.6) is 5.75 Å². The SMILES string of the molecule is CC(C)OC(=O)c1ccc(NC(=O)N[C@@H](Cc2ccc(O)cc2)C(=O)N[C@H]2CCC[N+](CC3CC3)(CC3CC3)C2)cc1. The lowest BCUT2D eigenvalue weighted by molar-refractivity contribution is -0.936. The summed E-state index contributed by atoms with van der Waals surface area (Å²) in [6, 6.07) is 11.9. The van der Waals surface area contributed by atoms with Gasteiger partial charge in [-0.25, -0.2) is 9.59 Å². The second kappa shape index (κ2) is 13.2. The largest absolute Gasteiger partial charge is 0.508 e. The van der Waals surface area contributed by atoms with Crippen molar-refractivity contribution < 1.29 is 28.7 Å². The monoisotopic (exact) mass is 577 g/mol. The molecule has 0 bridgehead atoms. The molecule has 0 spiro atoms. The minimum Gasteiger partial charge on any atom is -0.508 e. The average Bonchev–Trinajstić information content (AvgIpc) is 3.88. The zero-order valence-corrected chi connectivity index (χ0v) is 24.8. The molecule has 0 unspecified atom stereocenters. The number of esters is 1. The first-order valence-electron chi connectivity index (χ1n) is 15.5. The topological polar surface area (TPSA) is 117 Å². The first-order valence-corrected chi connectivity index (χ1v) is 15.5. The maximum atomic E-state index is 13.7. The molecule has 42 heavy (non-hydrogen) atoms. The number of anilines is 1. The molecule has 3 aliphatic rings. The van der Waals surface area contributed by atoms with Gasteiger partial charge in [-0.3, -0.25) is 4.79 Å². The van der Waals surface area contributed by atoms with E-state index in [9.17, 15) is 19.5 Å². The third-order valence-electron chi connectivity index (χ3n) is 8.54. The lowest BCUT2D eigenvalue weighted by Crippen LogP contribution is -2.62. The second-order valence-electron chi connectivity index (χ2n) is 12.9. The molecule has 1 saturated heterocycles. The van der Waals surface area contributed by atoms with E-state index in [4.69, 9.17) is 4.74 Å². The Hall–Kier alpha value is -3.59. The van der Waals surface area contributed by atoms with Crippen LogP contribution in [0.15, 0.2) is 48.5 Å². The minimum absolute atomic E-state index is 0.0778. The molecule has 2 aliphatic carbocycles. The highest BCUT2D eigenvalue weighted by Crippen LogP contribution is 2.39. The number of amides is 3. The van der Waals surface area contributed by atoms with Crippen LogP contribution in [0.1, 0.15) is 68.3 Å². The number of aromatic hydroxyl groups is 1. The number of nitrogens with one attached hydrogen (secondary N) is 3. The number of phenolic OH excluding ortho intramolecular Hbond substituents is 1. The Kier molecular flexibility index (Phi) is 9.36. The number of nitrogens with zero attached hydrogens (tertiary/aromatic N) is 1. The minimum atomic E-state index is -0.800. The van der Waals surface area contributed by atoms with Crippen LogP contribution in [-0.2, 0) is 16.0 Å². The first kappa shape index (κ1) is 29.9. The van der Waals surface area contributed by atoms with E-state index in [1.165, 1.54) is 45.3 Å². The van der Waals surface area contributed by atoms with Crippen LogP contribution >= 0.6 is 0 Å². The summed E-state index contributed by atoms with van der Waals surface area (Å²) in [4.78, 5) is 38.9. The van der Waals surface area contributed by atoms with E-state index in [0.29, 0.717) is 11.3 Å². The van der Waals surface area contributed by atoms with Crippen molar-refractivity contribution in [1.29, 1.82) is 0 Å². The molecule has 0 aromatic heterocycles. The highest BCUT2D eigenvalue weighted by molar-refractivity contribution is 5.95. The van der Waals surface area contributed by atoms with Crippen molar-refractivity contribution in [2.24, 2.45) is 11.8 Å². The molecule has 2 atom stereocenters. The number of carbonyl (C=O) groups excluding carboxylic acids is 3. The zero-order chi connectivity index (χ0) is 29.7. The lowest BCUT2D eigenvalue weighted by atomic mass is 9.99. The molecule has 9 nitrogen and oxygen atoms in total. The summed E-state index contributed by atoms with van der Waals surface area (Å²) in [5.41, 5.74) is 1.72. The molecular formula is C33H45N4O5+.